The van der Waals surface area contributed by atoms with Gasteiger partial charge in [-0.15, -0.1) is 0 Å². The SMILES string of the molecule is Cn1c(=O)n(C2CCC(=O)NC2=O)c2ccc(CC3CCN(C(=O)CO[C@@H]4CCN(C(=O)[C@@H](N)C(C)(C)C)[C@@H]4C(=O)N4CCO[C@H](c5ccccc5)C4)CC3)cc21.O=C(O)C(F)(F)F. The Morgan fingerprint density at radius 2 is 1.59 bits per heavy atom. The van der Waals surface area contributed by atoms with E-state index in [1.165, 1.54) is 4.57 Å². The summed E-state index contributed by atoms with van der Waals surface area (Å²) in [5.41, 5.74) is 9.03. The minimum Gasteiger partial charge on any atom is -0.475 e. The molecule has 7 rings (SSSR count). The molecule has 3 aromatic rings. The second-order valence-corrected chi connectivity index (χ2v) is 17.8. The van der Waals surface area contributed by atoms with Crippen molar-refractivity contribution in [1.82, 2.24) is 29.2 Å². The van der Waals surface area contributed by atoms with Gasteiger partial charge in [0.1, 0.15) is 24.8 Å². The van der Waals surface area contributed by atoms with Crippen LogP contribution in [0.15, 0.2) is 53.3 Å². The number of imide groups is 1. The third-order valence-electron chi connectivity index (χ3n) is 12.5. The van der Waals surface area contributed by atoms with Crippen LogP contribution in [0.4, 0.5) is 13.2 Å². The summed E-state index contributed by atoms with van der Waals surface area (Å²) >= 11 is 0. The number of imidazole rings is 1. The number of morpholine rings is 1. The zero-order chi connectivity index (χ0) is 46.7. The lowest BCUT2D eigenvalue weighted by molar-refractivity contribution is -0.192. The highest BCUT2D eigenvalue weighted by atomic mass is 19.4. The van der Waals surface area contributed by atoms with E-state index in [0.29, 0.717) is 57.2 Å². The molecule has 348 valence electrons. The smallest absolute Gasteiger partial charge is 0.475 e. The van der Waals surface area contributed by atoms with Gasteiger partial charge in [-0.1, -0.05) is 57.2 Å². The van der Waals surface area contributed by atoms with Crippen LogP contribution >= 0.6 is 0 Å². The molecule has 1 unspecified atom stereocenters. The van der Waals surface area contributed by atoms with Crippen molar-refractivity contribution in [2.45, 2.75) is 95.8 Å². The van der Waals surface area contributed by atoms with Gasteiger partial charge in [0.05, 0.1) is 36.3 Å². The van der Waals surface area contributed by atoms with Gasteiger partial charge in [0, 0.05) is 39.6 Å². The molecule has 4 N–H and O–H groups in total. The van der Waals surface area contributed by atoms with E-state index in [2.05, 4.69) is 5.32 Å². The van der Waals surface area contributed by atoms with Crippen molar-refractivity contribution >= 4 is 46.5 Å². The maximum Gasteiger partial charge on any atom is 0.490 e. The molecule has 17 nitrogen and oxygen atoms in total. The zero-order valence-corrected chi connectivity index (χ0v) is 36.3. The first-order valence-corrected chi connectivity index (χ1v) is 21.4. The number of carbonyl (C=O) groups excluding carboxylic acids is 5. The predicted molar refractivity (Wildman–Crippen MR) is 224 cm³/mol. The van der Waals surface area contributed by atoms with Crippen molar-refractivity contribution in [3.63, 3.8) is 0 Å². The zero-order valence-electron chi connectivity index (χ0n) is 36.3. The van der Waals surface area contributed by atoms with E-state index < -0.39 is 47.7 Å². The molecular weight excluding hydrogens is 844 g/mol. The summed E-state index contributed by atoms with van der Waals surface area (Å²) in [5, 5.41) is 9.47. The Kier molecular flexibility index (Phi) is 14.7. The number of carboxylic acid groups (broad SMARTS) is 1. The fourth-order valence-electron chi connectivity index (χ4n) is 8.69. The van der Waals surface area contributed by atoms with Crippen LogP contribution in [-0.2, 0) is 51.7 Å². The number of amides is 5. The molecule has 4 aliphatic rings. The molecular formula is C44H56F3N7O10. The minimum absolute atomic E-state index is 0.155. The first-order chi connectivity index (χ1) is 30.1. The number of halogens is 3. The van der Waals surface area contributed by atoms with Crippen LogP contribution in [0.2, 0.25) is 0 Å². The normalized spacial score (nSPS) is 22.8. The summed E-state index contributed by atoms with van der Waals surface area (Å²) in [4.78, 5) is 93.2. The van der Waals surface area contributed by atoms with Crippen LogP contribution in [-0.4, -0.2) is 135 Å². The van der Waals surface area contributed by atoms with Crippen LogP contribution < -0.4 is 16.7 Å². The Labute approximate surface area is 367 Å². The number of aliphatic carboxylic acids is 1. The molecule has 0 spiro atoms. The van der Waals surface area contributed by atoms with E-state index in [-0.39, 0.29) is 54.9 Å². The number of fused-ring (bicyclic) bond motifs is 1. The Morgan fingerprint density at radius 1 is 0.922 bits per heavy atom. The maximum absolute atomic E-state index is 14.3. The topological polar surface area (TPSA) is 216 Å². The number of hydrogen-bond donors (Lipinski definition) is 3. The summed E-state index contributed by atoms with van der Waals surface area (Å²) in [7, 11) is 1.69. The molecule has 2 aromatic carbocycles. The molecule has 5 atom stereocenters. The third kappa shape index (κ3) is 10.8. The number of aryl methyl sites for hydroxylation is 1. The maximum atomic E-state index is 14.3. The van der Waals surface area contributed by atoms with Crippen LogP contribution in [0.5, 0.6) is 0 Å². The van der Waals surface area contributed by atoms with Gasteiger partial charge in [-0.25, -0.2) is 9.59 Å². The summed E-state index contributed by atoms with van der Waals surface area (Å²) in [6.07, 6.45) is -2.82. The standard InChI is InChI=1S/C42H55N7O8.C2HF3O2/c1-42(2,3)37(43)40(54)48-19-16-32(36(48)39(53)47-20-21-56-33(24-47)28-8-6-5-7-9-28)57-25-35(51)46-17-14-26(15-18-46)22-27-10-11-29-31(23-27)45(4)41(55)49(29)30-12-13-34(50)44-38(30)52;3-2(4,5)1(6)7/h5-11,23,26,30,32-33,36-37H,12-22,24-25,43H2,1-4H3,(H,44,50,52);(H,6,7)/t30?,32-,33+,36+,37-;/m1./s1. The van der Waals surface area contributed by atoms with Gasteiger partial charge >= 0.3 is 17.8 Å². The number of benzene rings is 2. The number of rotatable bonds is 9. The number of ether oxygens (including phenoxy) is 2. The van der Waals surface area contributed by atoms with Crippen molar-refractivity contribution < 1.29 is 56.5 Å². The van der Waals surface area contributed by atoms with Gasteiger partial charge in [0.25, 0.3) is 0 Å². The number of carboxylic acids is 1. The monoisotopic (exact) mass is 899 g/mol. The summed E-state index contributed by atoms with van der Waals surface area (Å²) in [6, 6.07) is 13.1. The van der Waals surface area contributed by atoms with E-state index >= 15 is 0 Å². The number of nitrogens with two attached hydrogens (primary N) is 1. The molecule has 5 amide bonds. The van der Waals surface area contributed by atoms with Gasteiger partial charge in [-0.2, -0.15) is 13.2 Å². The summed E-state index contributed by atoms with van der Waals surface area (Å²) < 4.78 is 47.1. The predicted octanol–water partition coefficient (Wildman–Crippen LogP) is 2.69. The van der Waals surface area contributed by atoms with E-state index in [1.54, 1.807) is 26.3 Å². The number of likely N-dealkylation sites (tertiary alicyclic amines) is 2. The van der Waals surface area contributed by atoms with Crippen LogP contribution in [0.1, 0.15) is 76.1 Å². The number of alkyl halides is 3. The number of aromatic nitrogens is 2. The molecule has 5 heterocycles. The van der Waals surface area contributed by atoms with Gasteiger partial charge in [-0.05, 0) is 66.7 Å². The molecule has 64 heavy (non-hydrogen) atoms. The molecule has 0 aliphatic carbocycles. The highest BCUT2D eigenvalue weighted by Crippen LogP contribution is 2.31. The van der Waals surface area contributed by atoms with Crippen LogP contribution in [0.3, 0.4) is 0 Å². The second-order valence-electron chi connectivity index (χ2n) is 17.8. The molecule has 0 radical (unpaired) electrons. The lowest BCUT2D eigenvalue weighted by atomic mass is 9.86. The number of carbonyl (C=O) groups is 6. The molecule has 4 fully saturated rings. The average Bonchev–Trinajstić information content (AvgIpc) is 3.79. The lowest BCUT2D eigenvalue weighted by Crippen LogP contribution is -2.59. The van der Waals surface area contributed by atoms with Crippen LogP contribution in [0.25, 0.3) is 11.0 Å². The Morgan fingerprint density at radius 3 is 2.22 bits per heavy atom. The molecule has 4 saturated heterocycles. The highest BCUT2D eigenvalue weighted by Gasteiger charge is 2.48. The first-order valence-electron chi connectivity index (χ1n) is 21.4. The molecule has 1 aromatic heterocycles. The highest BCUT2D eigenvalue weighted by molar-refractivity contribution is 6.00. The molecule has 4 aliphatic heterocycles. The van der Waals surface area contributed by atoms with Crippen molar-refractivity contribution in [2.75, 3.05) is 45.9 Å². The number of nitrogens with one attached hydrogen (secondary N) is 1. The second kappa shape index (κ2) is 19.6. The Hall–Kier alpha value is -5.60. The van der Waals surface area contributed by atoms with E-state index in [0.717, 1.165) is 35.9 Å². The fourth-order valence-corrected chi connectivity index (χ4v) is 8.69. The average molecular weight is 900 g/mol. The number of nitrogens with zero attached hydrogens (tertiary/aromatic N) is 5. The summed E-state index contributed by atoms with van der Waals surface area (Å²) in [5.74, 6) is -3.92. The number of piperidine rings is 2. The van der Waals surface area contributed by atoms with E-state index in [9.17, 15) is 41.9 Å². The largest absolute Gasteiger partial charge is 0.490 e. The fraction of sp³-hybridized carbons (Fsp3) is 0.568. The van der Waals surface area contributed by atoms with Crippen molar-refractivity contribution in [3.05, 3.63) is 70.1 Å². The van der Waals surface area contributed by atoms with Gasteiger partial charge in [-0.3, -0.25) is 38.4 Å². The Bertz CT molecular complexity index is 2280. The number of hydrogen-bond acceptors (Lipinski definition) is 10. The third-order valence-corrected chi connectivity index (χ3v) is 12.5. The molecule has 0 saturated carbocycles. The minimum atomic E-state index is -5.08. The first kappa shape index (κ1) is 47.9. The molecule has 0 bridgehead atoms. The van der Waals surface area contributed by atoms with E-state index in [4.69, 9.17) is 25.1 Å². The van der Waals surface area contributed by atoms with Crippen molar-refractivity contribution in [1.29, 1.82) is 0 Å². The van der Waals surface area contributed by atoms with Gasteiger partial charge in [0.2, 0.25) is 29.5 Å². The van der Waals surface area contributed by atoms with Crippen LogP contribution in [0, 0.1) is 11.3 Å². The Balaban J connectivity index is 0.000000898. The summed E-state index contributed by atoms with van der Waals surface area (Å²) in [6.45, 7) is 8.01. The van der Waals surface area contributed by atoms with Crippen molar-refractivity contribution in [3.8, 4) is 0 Å². The van der Waals surface area contributed by atoms with Gasteiger partial charge in [0.15, 0.2) is 0 Å². The van der Waals surface area contributed by atoms with Crippen molar-refractivity contribution in [2.24, 2.45) is 24.1 Å². The van der Waals surface area contributed by atoms with Gasteiger partial charge < -0.3 is 35.0 Å². The molecule has 20 heteroatoms. The quantitative estimate of drug-likeness (QED) is 0.266. The van der Waals surface area contributed by atoms with E-state index in [1.807, 2.05) is 69.3 Å². The lowest BCUT2D eigenvalue weighted by Gasteiger charge is -2.39.